The van der Waals surface area contributed by atoms with Crippen molar-refractivity contribution in [2.24, 2.45) is 5.73 Å². The van der Waals surface area contributed by atoms with Crippen molar-refractivity contribution >= 4 is 27.5 Å². The summed E-state index contributed by atoms with van der Waals surface area (Å²) in [6.45, 7) is 2.22. The van der Waals surface area contributed by atoms with Crippen LogP contribution in [0.25, 0.3) is 0 Å². The molecule has 2 atom stereocenters. The van der Waals surface area contributed by atoms with Crippen LogP contribution < -0.4 is 11.1 Å². The van der Waals surface area contributed by atoms with Gasteiger partial charge in [-0.05, 0) is 30.5 Å². The fourth-order valence-electron chi connectivity index (χ4n) is 2.18. The van der Waals surface area contributed by atoms with Gasteiger partial charge in [0.05, 0.1) is 6.10 Å². The van der Waals surface area contributed by atoms with E-state index in [0.717, 1.165) is 41.1 Å². The molecular weight excluding hydrogens is 316 g/mol. The third kappa shape index (κ3) is 3.68. The zero-order chi connectivity index (χ0) is 13.0. The van der Waals surface area contributed by atoms with Gasteiger partial charge in [-0.25, -0.2) is 0 Å². The Balaban J connectivity index is 1.98. The van der Waals surface area contributed by atoms with Crippen LogP contribution in [-0.2, 0) is 4.74 Å². The smallest absolute Gasteiger partial charge is 0.0700 e. The number of hydrogen-bond donors (Lipinski definition) is 2. The normalized spacial score (nSPS) is 21.2. The average Bonchev–Trinajstić information content (AvgIpc) is 2.85. The lowest BCUT2D eigenvalue weighted by molar-refractivity contribution is 0.107. The molecule has 0 bridgehead atoms. The van der Waals surface area contributed by atoms with E-state index in [9.17, 15) is 0 Å². The largest absolute Gasteiger partial charge is 0.377 e. The molecule has 2 unspecified atom stereocenters. The van der Waals surface area contributed by atoms with E-state index in [-0.39, 0.29) is 6.04 Å². The molecule has 100 valence electrons. The molecule has 1 aromatic carbocycles. The van der Waals surface area contributed by atoms with Crippen LogP contribution in [0.15, 0.2) is 22.7 Å². The molecule has 1 aromatic rings. The van der Waals surface area contributed by atoms with E-state index < -0.39 is 0 Å². The van der Waals surface area contributed by atoms with Gasteiger partial charge >= 0.3 is 0 Å². The highest BCUT2D eigenvalue weighted by Gasteiger charge is 2.18. The van der Waals surface area contributed by atoms with Crippen molar-refractivity contribution in [3.05, 3.63) is 33.3 Å². The predicted molar refractivity (Wildman–Crippen MR) is 77.9 cm³/mol. The van der Waals surface area contributed by atoms with Gasteiger partial charge in [0, 0.05) is 35.2 Å². The second-order valence-electron chi connectivity index (χ2n) is 4.50. The summed E-state index contributed by atoms with van der Waals surface area (Å²) in [5.74, 6) is 0. The van der Waals surface area contributed by atoms with Gasteiger partial charge in [-0.2, -0.15) is 0 Å². The number of halogens is 2. The fourth-order valence-corrected chi connectivity index (χ4v) is 2.99. The molecule has 0 amide bonds. The van der Waals surface area contributed by atoms with Crippen molar-refractivity contribution in [2.45, 2.75) is 25.0 Å². The van der Waals surface area contributed by atoms with Gasteiger partial charge in [0.1, 0.15) is 0 Å². The third-order valence-corrected chi connectivity index (χ3v) is 4.01. The molecule has 1 fully saturated rings. The number of nitrogens with one attached hydrogen (secondary N) is 1. The summed E-state index contributed by atoms with van der Waals surface area (Å²) in [5.41, 5.74) is 6.86. The van der Waals surface area contributed by atoms with Crippen molar-refractivity contribution in [1.82, 2.24) is 5.32 Å². The summed E-state index contributed by atoms with van der Waals surface area (Å²) >= 11 is 9.65. The average molecular weight is 334 g/mol. The Morgan fingerprint density at radius 3 is 3.00 bits per heavy atom. The fraction of sp³-hybridized carbons (Fsp3) is 0.538. The molecule has 5 heteroatoms. The summed E-state index contributed by atoms with van der Waals surface area (Å²) < 4.78 is 6.57. The van der Waals surface area contributed by atoms with Crippen molar-refractivity contribution in [2.75, 3.05) is 19.7 Å². The van der Waals surface area contributed by atoms with Crippen molar-refractivity contribution < 1.29 is 4.74 Å². The second kappa shape index (κ2) is 6.87. The topological polar surface area (TPSA) is 47.3 Å². The molecule has 3 nitrogen and oxygen atoms in total. The molecule has 1 aliphatic rings. The Bertz CT molecular complexity index is 397. The van der Waals surface area contributed by atoms with Gasteiger partial charge in [-0.1, -0.05) is 33.6 Å². The number of nitrogens with two attached hydrogens (primary N) is 1. The molecule has 1 aliphatic heterocycles. The molecule has 2 rings (SSSR count). The lowest BCUT2D eigenvalue weighted by atomic mass is 10.1. The molecule has 18 heavy (non-hydrogen) atoms. The highest BCUT2D eigenvalue weighted by molar-refractivity contribution is 9.10. The monoisotopic (exact) mass is 332 g/mol. The summed E-state index contributed by atoms with van der Waals surface area (Å²) in [4.78, 5) is 0. The molecule has 0 aliphatic carbocycles. The minimum Gasteiger partial charge on any atom is -0.377 e. The van der Waals surface area contributed by atoms with E-state index in [1.54, 1.807) is 0 Å². The number of ether oxygens (including phenoxy) is 1. The van der Waals surface area contributed by atoms with Gasteiger partial charge in [0.2, 0.25) is 0 Å². The Morgan fingerprint density at radius 1 is 1.56 bits per heavy atom. The summed E-state index contributed by atoms with van der Waals surface area (Å²) in [6, 6.07) is 5.96. The van der Waals surface area contributed by atoms with E-state index in [1.807, 2.05) is 18.2 Å². The first kappa shape index (κ1) is 14.3. The Labute approximate surface area is 121 Å². The van der Waals surface area contributed by atoms with Crippen LogP contribution in [0.2, 0.25) is 5.02 Å². The lowest BCUT2D eigenvalue weighted by Crippen LogP contribution is -2.34. The highest BCUT2D eigenvalue weighted by atomic mass is 79.9. The van der Waals surface area contributed by atoms with Gasteiger partial charge in [0.15, 0.2) is 0 Å². The number of benzene rings is 1. The van der Waals surface area contributed by atoms with Crippen LogP contribution in [0.1, 0.15) is 24.4 Å². The first-order valence-electron chi connectivity index (χ1n) is 6.20. The van der Waals surface area contributed by atoms with Crippen LogP contribution in [0.5, 0.6) is 0 Å². The minimum absolute atomic E-state index is 0.0785. The zero-order valence-electron chi connectivity index (χ0n) is 10.2. The Morgan fingerprint density at radius 2 is 2.39 bits per heavy atom. The third-order valence-electron chi connectivity index (χ3n) is 3.19. The predicted octanol–water partition coefficient (Wildman–Crippen LogP) is 2.87. The van der Waals surface area contributed by atoms with Crippen LogP contribution in [0, 0.1) is 0 Å². The van der Waals surface area contributed by atoms with Crippen LogP contribution in [0.3, 0.4) is 0 Å². The second-order valence-corrected chi connectivity index (χ2v) is 5.82. The zero-order valence-corrected chi connectivity index (χ0v) is 12.5. The maximum absolute atomic E-state index is 6.24. The van der Waals surface area contributed by atoms with Crippen molar-refractivity contribution in [3.63, 3.8) is 0 Å². The molecule has 1 saturated heterocycles. The van der Waals surface area contributed by atoms with E-state index in [4.69, 9.17) is 22.1 Å². The van der Waals surface area contributed by atoms with Crippen LogP contribution >= 0.6 is 27.5 Å². The van der Waals surface area contributed by atoms with E-state index >= 15 is 0 Å². The molecule has 1 heterocycles. The van der Waals surface area contributed by atoms with Crippen molar-refractivity contribution in [3.8, 4) is 0 Å². The lowest BCUT2D eigenvalue weighted by Gasteiger charge is -2.20. The molecular formula is C13H18BrClN2O. The SMILES string of the molecule is NCC(NCC1CCCO1)c1ccc(Br)cc1Cl. The minimum atomic E-state index is 0.0785. The van der Waals surface area contributed by atoms with Crippen molar-refractivity contribution in [1.29, 1.82) is 0 Å². The first-order chi connectivity index (χ1) is 8.70. The van der Waals surface area contributed by atoms with Gasteiger partial charge in [0.25, 0.3) is 0 Å². The quantitative estimate of drug-likeness (QED) is 0.871. The standard InChI is InChI=1S/C13H18BrClN2O/c14-9-3-4-11(12(15)6-9)13(7-16)17-8-10-2-1-5-18-10/h3-4,6,10,13,17H,1-2,5,7-8,16H2. The Kier molecular flexibility index (Phi) is 5.45. The molecule has 0 aromatic heterocycles. The summed E-state index contributed by atoms with van der Waals surface area (Å²) in [5, 5.41) is 4.17. The Hall–Kier alpha value is -0.130. The van der Waals surface area contributed by atoms with E-state index in [2.05, 4.69) is 21.2 Å². The van der Waals surface area contributed by atoms with E-state index in [1.165, 1.54) is 0 Å². The highest BCUT2D eigenvalue weighted by Crippen LogP contribution is 2.26. The summed E-state index contributed by atoms with van der Waals surface area (Å²) in [7, 11) is 0. The van der Waals surface area contributed by atoms with Crippen LogP contribution in [0.4, 0.5) is 0 Å². The van der Waals surface area contributed by atoms with Gasteiger partial charge in [-0.15, -0.1) is 0 Å². The summed E-state index contributed by atoms with van der Waals surface area (Å²) in [6.07, 6.45) is 2.59. The maximum atomic E-state index is 6.24. The first-order valence-corrected chi connectivity index (χ1v) is 7.38. The molecule has 0 spiro atoms. The molecule has 0 radical (unpaired) electrons. The van der Waals surface area contributed by atoms with E-state index in [0.29, 0.717) is 12.6 Å². The number of rotatable bonds is 5. The van der Waals surface area contributed by atoms with Gasteiger partial charge < -0.3 is 15.8 Å². The molecule has 0 saturated carbocycles. The van der Waals surface area contributed by atoms with Gasteiger partial charge in [-0.3, -0.25) is 0 Å². The number of hydrogen-bond acceptors (Lipinski definition) is 3. The molecule has 3 N–H and O–H groups in total. The maximum Gasteiger partial charge on any atom is 0.0700 e. The van der Waals surface area contributed by atoms with Crippen LogP contribution in [-0.4, -0.2) is 25.8 Å².